The Bertz CT molecular complexity index is 1030. The number of carbonyl (C=O) groups is 5. The number of carboxylic acids is 2. The van der Waals surface area contributed by atoms with Gasteiger partial charge in [-0.05, 0) is 25.0 Å². The van der Waals surface area contributed by atoms with Crippen LogP contribution in [-0.4, -0.2) is 69.5 Å². The lowest BCUT2D eigenvalue weighted by atomic mass is 10.0. The number of carboxylic acid groups (broad SMARTS) is 2. The van der Waals surface area contributed by atoms with Crippen molar-refractivity contribution in [2.24, 2.45) is 5.73 Å². The van der Waals surface area contributed by atoms with Crippen LogP contribution >= 0.6 is 0 Å². The Balaban J connectivity index is 2.08. The molecule has 0 radical (unpaired) electrons. The van der Waals surface area contributed by atoms with Crippen molar-refractivity contribution in [3.63, 3.8) is 0 Å². The summed E-state index contributed by atoms with van der Waals surface area (Å²) < 4.78 is 0. The largest absolute Gasteiger partial charge is 0.481 e. The standard InChI is InChI=1S/C21H27N5O7/c1-11(22)19(30)24-10-17(27)25-15(6-7-18(28)29)20(31)26-16(21(32)33)8-12-9-23-14-5-3-2-4-13(12)14/h2-5,9,11,15-16,23H,6-8,10,22H2,1H3,(H,24,30)(H,25,27)(H,26,31)(H,28,29)(H,32,33). The van der Waals surface area contributed by atoms with E-state index in [1.54, 1.807) is 12.3 Å². The Morgan fingerprint density at radius 1 is 1.03 bits per heavy atom. The molecule has 0 fully saturated rings. The molecular weight excluding hydrogens is 434 g/mol. The number of rotatable bonds is 12. The van der Waals surface area contributed by atoms with Gasteiger partial charge in [0.2, 0.25) is 17.7 Å². The van der Waals surface area contributed by atoms with Crippen molar-refractivity contribution < 1.29 is 34.2 Å². The third kappa shape index (κ3) is 7.61. The molecule has 0 saturated heterocycles. The van der Waals surface area contributed by atoms with E-state index in [0.29, 0.717) is 5.56 Å². The van der Waals surface area contributed by atoms with E-state index in [0.717, 1.165) is 10.9 Å². The predicted octanol–water partition coefficient (Wildman–Crippen LogP) is -0.907. The van der Waals surface area contributed by atoms with Gasteiger partial charge in [-0.3, -0.25) is 19.2 Å². The minimum absolute atomic E-state index is 0.0326. The van der Waals surface area contributed by atoms with Gasteiger partial charge < -0.3 is 36.9 Å². The average Bonchev–Trinajstić information content (AvgIpc) is 3.16. The van der Waals surface area contributed by atoms with Gasteiger partial charge in [-0.1, -0.05) is 18.2 Å². The lowest BCUT2D eigenvalue weighted by Crippen LogP contribution is -2.54. The lowest BCUT2D eigenvalue weighted by Gasteiger charge is -2.21. The van der Waals surface area contributed by atoms with E-state index in [1.807, 2.05) is 18.2 Å². The molecule has 0 aliphatic carbocycles. The summed E-state index contributed by atoms with van der Waals surface area (Å²) in [7, 11) is 0. The molecule has 0 bridgehead atoms. The maximum absolute atomic E-state index is 12.7. The van der Waals surface area contributed by atoms with Gasteiger partial charge in [-0.25, -0.2) is 4.79 Å². The van der Waals surface area contributed by atoms with E-state index in [4.69, 9.17) is 10.8 Å². The highest BCUT2D eigenvalue weighted by molar-refractivity contribution is 5.93. The molecule has 0 aliphatic rings. The van der Waals surface area contributed by atoms with Crippen molar-refractivity contribution >= 4 is 40.6 Å². The highest BCUT2D eigenvalue weighted by atomic mass is 16.4. The quantitative estimate of drug-likeness (QED) is 0.210. The van der Waals surface area contributed by atoms with Crippen molar-refractivity contribution in [2.45, 2.75) is 44.3 Å². The Hall–Kier alpha value is -3.93. The molecule has 12 nitrogen and oxygen atoms in total. The minimum atomic E-state index is -1.32. The zero-order chi connectivity index (χ0) is 24.5. The number of aromatic nitrogens is 1. The first-order valence-corrected chi connectivity index (χ1v) is 10.2. The van der Waals surface area contributed by atoms with Gasteiger partial charge in [-0.2, -0.15) is 0 Å². The van der Waals surface area contributed by atoms with Crippen LogP contribution < -0.4 is 21.7 Å². The van der Waals surface area contributed by atoms with Crippen LogP contribution in [0.2, 0.25) is 0 Å². The normalized spacial score (nSPS) is 13.5. The van der Waals surface area contributed by atoms with Crippen LogP contribution in [0.4, 0.5) is 0 Å². The van der Waals surface area contributed by atoms with E-state index in [-0.39, 0.29) is 12.8 Å². The number of para-hydroxylation sites is 1. The summed E-state index contributed by atoms with van der Waals surface area (Å²) in [5, 5.41) is 26.3. The summed E-state index contributed by atoms with van der Waals surface area (Å²) in [6.07, 6.45) is 0.908. The fraction of sp³-hybridized carbons (Fsp3) is 0.381. The van der Waals surface area contributed by atoms with Gasteiger partial charge in [-0.15, -0.1) is 0 Å². The van der Waals surface area contributed by atoms with Crippen molar-refractivity contribution in [1.82, 2.24) is 20.9 Å². The van der Waals surface area contributed by atoms with Crippen LogP contribution in [0.3, 0.4) is 0 Å². The monoisotopic (exact) mass is 461 g/mol. The van der Waals surface area contributed by atoms with Gasteiger partial charge in [0, 0.05) is 29.9 Å². The SMILES string of the molecule is CC(N)C(=O)NCC(=O)NC(CCC(=O)O)C(=O)NC(Cc1c[nH]c2ccccc12)C(=O)O. The van der Waals surface area contributed by atoms with Crippen molar-refractivity contribution in [3.8, 4) is 0 Å². The number of nitrogens with two attached hydrogens (primary N) is 1. The van der Waals surface area contributed by atoms with E-state index in [9.17, 15) is 29.1 Å². The van der Waals surface area contributed by atoms with Gasteiger partial charge in [0.05, 0.1) is 12.6 Å². The Morgan fingerprint density at radius 3 is 2.36 bits per heavy atom. The van der Waals surface area contributed by atoms with Crippen molar-refractivity contribution in [2.75, 3.05) is 6.54 Å². The molecule has 1 aromatic heterocycles. The zero-order valence-corrected chi connectivity index (χ0v) is 18.0. The summed E-state index contributed by atoms with van der Waals surface area (Å²) >= 11 is 0. The molecule has 2 aromatic rings. The first-order valence-electron chi connectivity index (χ1n) is 10.2. The summed E-state index contributed by atoms with van der Waals surface area (Å²) in [4.78, 5) is 62.2. The summed E-state index contributed by atoms with van der Waals surface area (Å²) in [6.45, 7) is 0.949. The molecule has 0 aliphatic heterocycles. The summed E-state index contributed by atoms with van der Waals surface area (Å²) in [5.74, 6) is -4.67. The maximum atomic E-state index is 12.7. The molecule has 8 N–H and O–H groups in total. The molecule has 0 spiro atoms. The second kappa shape index (κ2) is 11.6. The number of hydrogen-bond donors (Lipinski definition) is 7. The number of amides is 3. The molecule has 3 amide bonds. The molecule has 12 heteroatoms. The number of H-pyrrole nitrogens is 1. The van der Waals surface area contributed by atoms with E-state index in [1.165, 1.54) is 6.92 Å². The zero-order valence-electron chi connectivity index (χ0n) is 18.0. The highest BCUT2D eigenvalue weighted by Gasteiger charge is 2.28. The van der Waals surface area contributed by atoms with Crippen LogP contribution in [0.5, 0.6) is 0 Å². The van der Waals surface area contributed by atoms with Crippen molar-refractivity contribution in [1.29, 1.82) is 0 Å². The molecule has 1 aromatic carbocycles. The number of aliphatic carboxylic acids is 2. The maximum Gasteiger partial charge on any atom is 0.326 e. The fourth-order valence-corrected chi connectivity index (χ4v) is 3.10. The van der Waals surface area contributed by atoms with Crippen LogP contribution in [0.15, 0.2) is 30.5 Å². The molecule has 3 unspecified atom stereocenters. The van der Waals surface area contributed by atoms with Crippen molar-refractivity contribution in [3.05, 3.63) is 36.0 Å². The number of aromatic amines is 1. The number of benzene rings is 1. The molecule has 1 heterocycles. The first kappa shape index (κ1) is 25.3. The van der Waals surface area contributed by atoms with Gasteiger partial charge in [0.1, 0.15) is 12.1 Å². The molecule has 178 valence electrons. The molecule has 2 rings (SSSR count). The second-order valence-electron chi connectivity index (χ2n) is 7.52. The second-order valence-corrected chi connectivity index (χ2v) is 7.52. The Labute approximate surface area is 188 Å². The Kier molecular flexibility index (Phi) is 8.92. The molecule has 3 atom stereocenters. The lowest BCUT2D eigenvalue weighted by molar-refractivity contribution is -0.143. The fourth-order valence-electron chi connectivity index (χ4n) is 3.10. The number of nitrogens with one attached hydrogen (secondary N) is 4. The van der Waals surface area contributed by atoms with Gasteiger partial charge in [0.15, 0.2) is 0 Å². The Morgan fingerprint density at radius 2 is 1.73 bits per heavy atom. The van der Waals surface area contributed by atoms with Crippen LogP contribution in [0.1, 0.15) is 25.3 Å². The third-order valence-electron chi connectivity index (χ3n) is 4.85. The molecule has 0 saturated carbocycles. The highest BCUT2D eigenvalue weighted by Crippen LogP contribution is 2.19. The van der Waals surface area contributed by atoms with E-state index >= 15 is 0 Å². The average molecular weight is 461 g/mol. The predicted molar refractivity (Wildman–Crippen MR) is 117 cm³/mol. The summed E-state index contributed by atoms with van der Waals surface area (Å²) in [6, 6.07) is 3.79. The minimum Gasteiger partial charge on any atom is -0.481 e. The number of hydrogen-bond acceptors (Lipinski definition) is 6. The summed E-state index contributed by atoms with van der Waals surface area (Å²) in [5.41, 5.74) is 6.87. The topological polar surface area (TPSA) is 204 Å². The van der Waals surface area contributed by atoms with Crippen LogP contribution in [0, 0.1) is 0 Å². The van der Waals surface area contributed by atoms with Crippen LogP contribution in [0.25, 0.3) is 10.9 Å². The smallest absolute Gasteiger partial charge is 0.326 e. The van der Waals surface area contributed by atoms with Crippen LogP contribution in [-0.2, 0) is 30.4 Å². The first-order chi connectivity index (χ1) is 15.6. The van der Waals surface area contributed by atoms with E-state index < -0.39 is 60.8 Å². The number of fused-ring (bicyclic) bond motifs is 1. The molecular formula is C21H27N5O7. The van der Waals surface area contributed by atoms with Gasteiger partial charge in [0.25, 0.3) is 0 Å². The number of carbonyl (C=O) groups excluding carboxylic acids is 3. The van der Waals surface area contributed by atoms with E-state index in [2.05, 4.69) is 20.9 Å². The molecule has 33 heavy (non-hydrogen) atoms. The van der Waals surface area contributed by atoms with Gasteiger partial charge >= 0.3 is 11.9 Å². The third-order valence-corrected chi connectivity index (χ3v) is 4.85.